The van der Waals surface area contributed by atoms with Gasteiger partial charge < -0.3 is 15.4 Å². The maximum atomic E-state index is 11.7. The van der Waals surface area contributed by atoms with Crippen LogP contribution in [0.5, 0.6) is 0 Å². The molecule has 0 radical (unpaired) electrons. The molecule has 116 valence electrons. The molecule has 0 unspecified atom stereocenters. The number of morpholine rings is 1. The van der Waals surface area contributed by atoms with E-state index in [0.717, 1.165) is 44.8 Å². The van der Waals surface area contributed by atoms with Gasteiger partial charge in [0.1, 0.15) is 0 Å². The highest BCUT2D eigenvalue weighted by Gasteiger charge is 2.09. The molecule has 0 bridgehead atoms. The number of benzene rings is 1. The highest BCUT2D eigenvalue weighted by atomic mass is 16.5. The molecule has 0 atom stereocenters. The Balaban J connectivity index is 1.56. The summed E-state index contributed by atoms with van der Waals surface area (Å²) in [4.78, 5) is 14.1. The zero-order valence-electron chi connectivity index (χ0n) is 12.7. The van der Waals surface area contributed by atoms with Gasteiger partial charge in [0.15, 0.2) is 0 Å². The average molecular weight is 291 g/mol. The molecule has 1 aromatic carbocycles. The number of carbonyl (C=O) groups is 1. The minimum atomic E-state index is -0.0970. The number of carbonyl (C=O) groups excluding carboxylic acids is 1. The number of rotatable bonds is 6. The Labute approximate surface area is 126 Å². The first kappa shape index (κ1) is 15.8. The van der Waals surface area contributed by atoms with E-state index < -0.39 is 0 Å². The largest absolute Gasteiger partial charge is 0.379 e. The molecule has 1 aliphatic rings. The average Bonchev–Trinajstić information content (AvgIpc) is 2.52. The third-order valence-corrected chi connectivity index (χ3v) is 3.74. The van der Waals surface area contributed by atoms with Gasteiger partial charge in [-0.1, -0.05) is 24.3 Å². The van der Waals surface area contributed by atoms with Crippen molar-refractivity contribution in [2.45, 2.75) is 19.9 Å². The van der Waals surface area contributed by atoms with Crippen LogP contribution in [0.1, 0.15) is 17.5 Å². The topological polar surface area (TPSA) is 53.6 Å². The number of urea groups is 1. The van der Waals surface area contributed by atoms with E-state index in [1.807, 2.05) is 18.2 Å². The van der Waals surface area contributed by atoms with Crippen LogP contribution in [0.4, 0.5) is 4.79 Å². The van der Waals surface area contributed by atoms with Crippen LogP contribution in [0.15, 0.2) is 24.3 Å². The molecule has 21 heavy (non-hydrogen) atoms. The van der Waals surface area contributed by atoms with E-state index in [4.69, 9.17) is 4.74 Å². The third kappa shape index (κ3) is 5.73. The van der Waals surface area contributed by atoms with Crippen LogP contribution in [0.25, 0.3) is 0 Å². The fourth-order valence-electron chi connectivity index (χ4n) is 2.38. The Morgan fingerprint density at radius 3 is 2.76 bits per heavy atom. The lowest BCUT2D eigenvalue weighted by Gasteiger charge is -2.26. The molecule has 0 spiro atoms. The zero-order valence-corrected chi connectivity index (χ0v) is 12.7. The number of nitrogens with zero attached hydrogens (tertiary/aromatic N) is 1. The molecule has 2 amide bonds. The predicted octanol–water partition coefficient (Wildman–Crippen LogP) is 1.52. The Morgan fingerprint density at radius 1 is 1.24 bits per heavy atom. The molecule has 0 aromatic heterocycles. The normalized spacial score (nSPS) is 15.7. The van der Waals surface area contributed by atoms with Crippen molar-refractivity contribution in [1.82, 2.24) is 15.5 Å². The van der Waals surface area contributed by atoms with Crippen molar-refractivity contribution in [3.05, 3.63) is 35.4 Å². The van der Waals surface area contributed by atoms with Gasteiger partial charge in [0, 0.05) is 26.2 Å². The van der Waals surface area contributed by atoms with Gasteiger partial charge >= 0.3 is 6.03 Å². The molecule has 5 heteroatoms. The number of nitrogens with one attached hydrogen (secondary N) is 2. The molecule has 2 N–H and O–H groups in total. The summed E-state index contributed by atoms with van der Waals surface area (Å²) in [6.07, 6.45) is 0.970. The molecule has 1 saturated heterocycles. The van der Waals surface area contributed by atoms with Gasteiger partial charge in [-0.15, -0.1) is 0 Å². The molecule has 5 nitrogen and oxygen atoms in total. The zero-order chi connectivity index (χ0) is 14.9. The summed E-state index contributed by atoms with van der Waals surface area (Å²) >= 11 is 0. The Kier molecular flexibility index (Phi) is 6.50. The molecular weight excluding hydrogens is 266 g/mol. The van der Waals surface area contributed by atoms with E-state index in [1.54, 1.807) is 0 Å². The van der Waals surface area contributed by atoms with Crippen LogP contribution >= 0.6 is 0 Å². The molecule has 1 aromatic rings. The predicted molar refractivity (Wildman–Crippen MR) is 83.3 cm³/mol. The Morgan fingerprint density at radius 2 is 2.00 bits per heavy atom. The van der Waals surface area contributed by atoms with Crippen molar-refractivity contribution in [1.29, 1.82) is 0 Å². The summed E-state index contributed by atoms with van der Waals surface area (Å²) in [7, 11) is 0. The van der Waals surface area contributed by atoms with Crippen molar-refractivity contribution in [3.8, 4) is 0 Å². The summed E-state index contributed by atoms with van der Waals surface area (Å²) in [6, 6.07) is 7.99. The number of hydrogen-bond acceptors (Lipinski definition) is 3. The van der Waals surface area contributed by atoms with Gasteiger partial charge in [0.05, 0.1) is 13.2 Å². The minimum Gasteiger partial charge on any atom is -0.379 e. The van der Waals surface area contributed by atoms with Gasteiger partial charge in [-0.05, 0) is 31.0 Å². The van der Waals surface area contributed by atoms with Crippen molar-refractivity contribution in [2.75, 3.05) is 39.4 Å². The third-order valence-electron chi connectivity index (χ3n) is 3.74. The summed E-state index contributed by atoms with van der Waals surface area (Å²) in [5, 5.41) is 5.80. The van der Waals surface area contributed by atoms with E-state index in [0.29, 0.717) is 13.1 Å². The minimum absolute atomic E-state index is 0.0970. The quantitative estimate of drug-likeness (QED) is 0.781. The highest BCUT2D eigenvalue weighted by Crippen LogP contribution is 2.05. The fraction of sp³-hybridized carbons (Fsp3) is 0.562. The lowest BCUT2D eigenvalue weighted by atomic mass is 10.1. The first-order valence-corrected chi connectivity index (χ1v) is 7.62. The second-order valence-electron chi connectivity index (χ2n) is 5.34. The maximum Gasteiger partial charge on any atom is 0.315 e. The van der Waals surface area contributed by atoms with Crippen LogP contribution in [0.3, 0.4) is 0 Å². The second-order valence-corrected chi connectivity index (χ2v) is 5.34. The molecule has 2 rings (SSSR count). The van der Waals surface area contributed by atoms with Crippen molar-refractivity contribution in [2.24, 2.45) is 0 Å². The first-order chi connectivity index (χ1) is 10.3. The lowest BCUT2D eigenvalue weighted by Crippen LogP contribution is -2.39. The second kappa shape index (κ2) is 8.64. The number of amides is 2. The lowest BCUT2D eigenvalue weighted by molar-refractivity contribution is 0.0375. The molecular formula is C16H25N3O2. The van der Waals surface area contributed by atoms with E-state index >= 15 is 0 Å². The van der Waals surface area contributed by atoms with E-state index in [2.05, 4.69) is 28.5 Å². The van der Waals surface area contributed by atoms with Crippen molar-refractivity contribution >= 4 is 6.03 Å². The van der Waals surface area contributed by atoms with Gasteiger partial charge in [0.2, 0.25) is 0 Å². The van der Waals surface area contributed by atoms with Gasteiger partial charge in [-0.25, -0.2) is 4.79 Å². The molecule has 1 fully saturated rings. The summed E-state index contributed by atoms with van der Waals surface area (Å²) in [5.41, 5.74) is 2.35. The van der Waals surface area contributed by atoms with Crippen LogP contribution in [0, 0.1) is 6.92 Å². The first-order valence-electron chi connectivity index (χ1n) is 7.62. The highest BCUT2D eigenvalue weighted by molar-refractivity contribution is 5.73. The Hall–Kier alpha value is -1.59. The maximum absolute atomic E-state index is 11.7. The van der Waals surface area contributed by atoms with Gasteiger partial charge in [-0.2, -0.15) is 0 Å². The summed E-state index contributed by atoms with van der Waals surface area (Å²) in [5.74, 6) is 0. The summed E-state index contributed by atoms with van der Waals surface area (Å²) < 4.78 is 5.31. The Bertz CT molecular complexity index is 445. The van der Waals surface area contributed by atoms with Crippen LogP contribution in [-0.4, -0.2) is 50.3 Å². The summed E-state index contributed by atoms with van der Waals surface area (Å²) in [6.45, 7) is 7.99. The van der Waals surface area contributed by atoms with Crippen LogP contribution in [0.2, 0.25) is 0 Å². The van der Waals surface area contributed by atoms with Gasteiger partial charge in [-0.3, -0.25) is 4.90 Å². The monoisotopic (exact) mass is 291 g/mol. The molecule has 0 saturated carbocycles. The number of ether oxygens (including phenoxy) is 1. The van der Waals surface area contributed by atoms with Crippen LogP contribution in [-0.2, 0) is 11.3 Å². The molecule has 1 aliphatic heterocycles. The number of aryl methyl sites for hydroxylation is 1. The van der Waals surface area contributed by atoms with Crippen molar-refractivity contribution < 1.29 is 9.53 Å². The van der Waals surface area contributed by atoms with Crippen molar-refractivity contribution in [3.63, 3.8) is 0 Å². The molecule has 1 heterocycles. The smallest absolute Gasteiger partial charge is 0.315 e. The van der Waals surface area contributed by atoms with E-state index in [9.17, 15) is 4.79 Å². The fourth-order valence-corrected chi connectivity index (χ4v) is 2.38. The van der Waals surface area contributed by atoms with E-state index in [-0.39, 0.29) is 6.03 Å². The van der Waals surface area contributed by atoms with Gasteiger partial charge in [0.25, 0.3) is 0 Å². The van der Waals surface area contributed by atoms with Crippen LogP contribution < -0.4 is 10.6 Å². The standard InChI is InChI=1S/C16H25N3O2/c1-14-5-2-3-6-15(14)13-18-16(20)17-7-4-8-19-9-11-21-12-10-19/h2-3,5-6H,4,7-13H2,1H3,(H2,17,18,20). The SMILES string of the molecule is Cc1ccccc1CNC(=O)NCCCN1CCOCC1. The number of hydrogen-bond donors (Lipinski definition) is 2. The molecule has 0 aliphatic carbocycles. The van der Waals surface area contributed by atoms with E-state index in [1.165, 1.54) is 5.56 Å².